The Labute approximate surface area is 96.3 Å². The fraction of sp³-hybridized carbons (Fsp3) is 0.462. The Morgan fingerprint density at radius 2 is 2.12 bits per heavy atom. The van der Waals surface area contributed by atoms with Crippen LogP contribution in [0.15, 0.2) is 18.2 Å². The van der Waals surface area contributed by atoms with E-state index < -0.39 is 0 Å². The standard InChI is InChI=1S/C13H19N3/c1-4-7-16-12-6-5-10(14)8-11(12)15-13(16)9(2)3/h5-6,8-9H,4,7,14H2,1-3H3. The van der Waals surface area contributed by atoms with Crippen molar-refractivity contribution in [2.75, 3.05) is 5.73 Å². The van der Waals surface area contributed by atoms with Crippen molar-refractivity contribution in [2.45, 2.75) is 39.7 Å². The molecule has 1 aromatic heterocycles. The third kappa shape index (κ3) is 1.77. The molecule has 2 aromatic rings. The second kappa shape index (κ2) is 4.16. The Kier molecular flexibility index (Phi) is 2.86. The molecule has 2 rings (SSSR count). The van der Waals surface area contributed by atoms with Gasteiger partial charge in [0.15, 0.2) is 0 Å². The van der Waals surface area contributed by atoms with Crippen LogP contribution in [0.4, 0.5) is 5.69 Å². The highest BCUT2D eigenvalue weighted by Gasteiger charge is 2.12. The van der Waals surface area contributed by atoms with Crippen molar-refractivity contribution in [3.63, 3.8) is 0 Å². The summed E-state index contributed by atoms with van der Waals surface area (Å²) < 4.78 is 2.30. The zero-order valence-corrected chi connectivity index (χ0v) is 10.2. The van der Waals surface area contributed by atoms with Crippen LogP contribution >= 0.6 is 0 Å². The number of aromatic nitrogens is 2. The van der Waals surface area contributed by atoms with Gasteiger partial charge in [-0.3, -0.25) is 0 Å². The van der Waals surface area contributed by atoms with Crippen LogP contribution in [0.5, 0.6) is 0 Å². The summed E-state index contributed by atoms with van der Waals surface area (Å²) in [4.78, 5) is 4.67. The first-order valence-electron chi connectivity index (χ1n) is 5.89. The van der Waals surface area contributed by atoms with Gasteiger partial charge >= 0.3 is 0 Å². The maximum Gasteiger partial charge on any atom is 0.112 e. The lowest BCUT2D eigenvalue weighted by atomic mass is 10.2. The molecule has 0 aliphatic rings. The zero-order chi connectivity index (χ0) is 11.7. The van der Waals surface area contributed by atoms with Gasteiger partial charge in [-0.1, -0.05) is 20.8 Å². The number of benzene rings is 1. The molecule has 2 N–H and O–H groups in total. The molecule has 0 saturated carbocycles. The molecule has 0 saturated heterocycles. The van der Waals surface area contributed by atoms with Crippen molar-refractivity contribution in [3.8, 4) is 0 Å². The molecule has 0 atom stereocenters. The van der Waals surface area contributed by atoms with E-state index in [-0.39, 0.29) is 0 Å². The molecule has 0 unspecified atom stereocenters. The third-order valence-electron chi connectivity index (χ3n) is 2.77. The molecule has 0 fully saturated rings. The first-order chi connectivity index (χ1) is 7.63. The number of nitrogens with two attached hydrogens (primary N) is 1. The second-order valence-electron chi connectivity index (χ2n) is 4.52. The van der Waals surface area contributed by atoms with Crippen molar-refractivity contribution in [1.82, 2.24) is 9.55 Å². The summed E-state index contributed by atoms with van der Waals surface area (Å²) in [5, 5.41) is 0. The minimum atomic E-state index is 0.445. The highest BCUT2D eigenvalue weighted by molar-refractivity contribution is 5.79. The Hall–Kier alpha value is -1.51. The van der Waals surface area contributed by atoms with Gasteiger partial charge in [-0.25, -0.2) is 4.98 Å². The fourth-order valence-electron chi connectivity index (χ4n) is 2.06. The highest BCUT2D eigenvalue weighted by Crippen LogP contribution is 2.23. The Morgan fingerprint density at radius 1 is 1.38 bits per heavy atom. The number of fused-ring (bicyclic) bond motifs is 1. The number of nitrogen functional groups attached to an aromatic ring is 1. The van der Waals surface area contributed by atoms with Gasteiger partial charge in [0.25, 0.3) is 0 Å². The lowest BCUT2D eigenvalue weighted by Crippen LogP contribution is -2.04. The summed E-state index contributed by atoms with van der Waals surface area (Å²) in [6.45, 7) is 7.56. The molecule has 0 aliphatic heterocycles. The SMILES string of the molecule is CCCn1c(C(C)C)nc2cc(N)ccc21. The molecule has 3 nitrogen and oxygen atoms in total. The van der Waals surface area contributed by atoms with Crippen molar-refractivity contribution in [1.29, 1.82) is 0 Å². The summed E-state index contributed by atoms with van der Waals surface area (Å²) >= 11 is 0. The Balaban J connectivity index is 2.65. The lowest BCUT2D eigenvalue weighted by molar-refractivity contribution is 0.624. The van der Waals surface area contributed by atoms with Crippen LogP contribution in [0, 0.1) is 0 Å². The van der Waals surface area contributed by atoms with Crippen molar-refractivity contribution >= 4 is 16.7 Å². The van der Waals surface area contributed by atoms with Crippen molar-refractivity contribution < 1.29 is 0 Å². The Morgan fingerprint density at radius 3 is 2.75 bits per heavy atom. The molecule has 16 heavy (non-hydrogen) atoms. The van der Waals surface area contributed by atoms with E-state index in [1.54, 1.807) is 0 Å². The normalized spacial score (nSPS) is 11.5. The predicted molar refractivity (Wildman–Crippen MR) is 68.5 cm³/mol. The third-order valence-corrected chi connectivity index (χ3v) is 2.77. The molecular weight excluding hydrogens is 198 g/mol. The minimum Gasteiger partial charge on any atom is -0.399 e. The highest BCUT2D eigenvalue weighted by atomic mass is 15.1. The molecule has 86 valence electrons. The smallest absolute Gasteiger partial charge is 0.112 e. The summed E-state index contributed by atoms with van der Waals surface area (Å²) in [5.41, 5.74) is 8.77. The van der Waals surface area contributed by atoms with Crippen LogP contribution < -0.4 is 5.73 Å². The maximum absolute atomic E-state index is 5.78. The number of imidazole rings is 1. The molecule has 1 heterocycles. The number of hydrogen-bond acceptors (Lipinski definition) is 2. The number of anilines is 1. The van der Waals surface area contributed by atoms with E-state index in [1.165, 1.54) is 5.52 Å². The van der Waals surface area contributed by atoms with E-state index in [1.807, 2.05) is 12.1 Å². The van der Waals surface area contributed by atoms with E-state index in [4.69, 9.17) is 5.73 Å². The first-order valence-corrected chi connectivity index (χ1v) is 5.89. The lowest BCUT2D eigenvalue weighted by Gasteiger charge is -2.09. The molecule has 0 spiro atoms. The van der Waals surface area contributed by atoms with Gasteiger partial charge in [-0.2, -0.15) is 0 Å². The maximum atomic E-state index is 5.78. The van der Waals surface area contributed by atoms with Crippen LogP contribution in [0.2, 0.25) is 0 Å². The summed E-state index contributed by atoms with van der Waals surface area (Å²) in [7, 11) is 0. The molecular formula is C13H19N3. The first kappa shape index (κ1) is 11.0. The van der Waals surface area contributed by atoms with E-state index in [2.05, 4.69) is 36.4 Å². The minimum absolute atomic E-state index is 0.445. The van der Waals surface area contributed by atoms with Crippen LogP contribution in [0.3, 0.4) is 0 Å². The molecule has 1 aromatic carbocycles. The number of nitrogens with zero attached hydrogens (tertiary/aromatic N) is 2. The molecule has 0 bridgehead atoms. The van der Waals surface area contributed by atoms with Crippen molar-refractivity contribution in [3.05, 3.63) is 24.0 Å². The van der Waals surface area contributed by atoms with Gasteiger partial charge in [0, 0.05) is 18.2 Å². The van der Waals surface area contributed by atoms with E-state index in [0.717, 1.165) is 30.0 Å². The molecule has 0 amide bonds. The number of aryl methyl sites for hydroxylation is 1. The number of rotatable bonds is 3. The topological polar surface area (TPSA) is 43.8 Å². The Bertz CT molecular complexity index is 497. The second-order valence-corrected chi connectivity index (χ2v) is 4.52. The van der Waals surface area contributed by atoms with Crippen molar-refractivity contribution in [2.24, 2.45) is 0 Å². The van der Waals surface area contributed by atoms with Gasteiger partial charge in [0.2, 0.25) is 0 Å². The predicted octanol–water partition coefficient (Wildman–Crippen LogP) is 3.15. The van der Waals surface area contributed by atoms with Gasteiger partial charge in [0.1, 0.15) is 5.82 Å². The van der Waals surface area contributed by atoms with Gasteiger partial charge in [-0.15, -0.1) is 0 Å². The largest absolute Gasteiger partial charge is 0.399 e. The van der Waals surface area contributed by atoms with E-state index in [0.29, 0.717) is 5.92 Å². The zero-order valence-electron chi connectivity index (χ0n) is 10.2. The van der Waals surface area contributed by atoms with Gasteiger partial charge in [0.05, 0.1) is 11.0 Å². The van der Waals surface area contributed by atoms with E-state index >= 15 is 0 Å². The summed E-state index contributed by atoms with van der Waals surface area (Å²) in [6, 6.07) is 5.97. The molecule has 0 aliphatic carbocycles. The van der Waals surface area contributed by atoms with Crippen LogP contribution in [0.1, 0.15) is 38.9 Å². The van der Waals surface area contributed by atoms with Crippen LogP contribution in [-0.2, 0) is 6.54 Å². The quantitative estimate of drug-likeness (QED) is 0.803. The molecule has 0 radical (unpaired) electrons. The van der Waals surface area contributed by atoms with Gasteiger partial charge < -0.3 is 10.3 Å². The number of hydrogen-bond donors (Lipinski definition) is 1. The summed E-state index contributed by atoms with van der Waals surface area (Å²) in [5.74, 6) is 1.60. The average molecular weight is 217 g/mol. The fourth-order valence-corrected chi connectivity index (χ4v) is 2.06. The van der Waals surface area contributed by atoms with E-state index in [9.17, 15) is 0 Å². The molecule has 3 heteroatoms. The summed E-state index contributed by atoms with van der Waals surface area (Å²) in [6.07, 6.45) is 1.12. The van der Waals surface area contributed by atoms with Gasteiger partial charge in [-0.05, 0) is 24.6 Å². The van der Waals surface area contributed by atoms with Crippen LogP contribution in [-0.4, -0.2) is 9.55 Å². The monoisotopic (exact) mass is 217 g/mol. The average Bonchev–Trinajstić information content (AvgIpc) is 2.57. The van der Waals surface area contributed by atoms with Crippen LogP contribution in [0.25, 0.3) is 11.0 Å².